The highest BCUT2D eigenvalue weighted by molar-refractivity contribution is 5.84. The number of amides is 2. The van der Waals surface area contributed by atoms with E-state index in [9.17, 15) is 9.59 Å². The molecule has 5 heteroatoms. The summed E-state index contributed by atoms with van der Waals surface area (Å²) in [6.07, 6.45) is 0.568. The van der Waals surface area contributed by atoms with Crippen LogP contribution in [0, 0.1) is 0 Å². The van der Waals surface area contributed by atoms with Crippen molar-refractivity contribution in [3.8, 4) is 0 Å². The average Bonchev–Trinajstić information content (AvgIpc) is 2.36. The summed E-state index contributed by atoms with van der Waals surface area (Å²) in [5, 5.41) is 2.54. The SMILES string of the molecule is CN(C)C(=O)NC1CCOC1=O. The quantitative estimate of drug-likeness (QED) is 0.546. The number of nitrogens with zero attached hydrogens (tertiary/aromatic N) is 1. The molecule has 0 aliphatic carbocycles. The standard InChI is InChI=1S/C7H12N2O3/c1-9(2)7(11)8-5-3-4-12-6(5)10/h5H,3-4H2,1-2H3,(H,8,11). The highest BCUT2D eigenvalue weighted by atomic mass is 16.5. The molecule has 0 aromatic heterocycles. The lowest BCUT2D eigenvalue weighted by molar-refractivity contribution is -0.139. The number of nitrogens with one attached hydrogen (secondary N) is 1. The fourth-order valence-electron chi connectivity index (χ4n) is 0.905. The predicted molar refractivity (Wildman–Crippen MR) is 41.6 cm³/mol. The molecule has 0 saturated carbocycles. The maximum absolute atomic E-state index is 11.1. The molecule has 0 spiro atoms. The van der Waals surface area contributed by atoms with Crippen molar-refractivity contribution in [2.45, 2.75) is 12.5 Å². The summed E-state index contributed by atoms with van der Waals surface area (Å²) in [6, 6.07) is -0.723. The Morgan fingerprint density at radius 2 is 2.33 bits per heavy atom. The average molecular weight is 172 g/mol. The monoisotopic (exact) mass is 172 g/mol. The number of ether oxygens (including phenoxy) is 1. The van der Waals surface area contributed by atoms with Crippen LogP contribution < -0.4 is 5.32 Å². The maximum atomic E-state index is 11.1. The minimum absolute atomic E-state index is 0.265. The van der Waals surface area contributed by atoms with Crippen LogP contribution in [0.15, 0.2) is 0 Å². The summed E-state index contributed by atoms with van der Waals surface area (Å²) in [5.74, 6) is -0.342. The van der Waals surface area contributed by atoms with Crippen molar-refractivity contribution in [1.29, 1.82) is 0 Å². The van der Waals surface area contributed by atoms with E-state index in [4.69, 9.17) is 0 Å². The Balaban J connectivity index is 2.40. The molecule has 1 saturated heterocycles. The first-order chi connectivity index (χ1) is 5.61. The van der Waals surface area contributed by atoms with Crippen LogP contribution >= 0.6 is 0 Å². The summed E-state index contributed by atoms with van der Waals surface area (Å²) in [5.41, 5.74) is 0. The normalized spacial score (nSPS) is 21.8. The molecule has 0 radical (unpaired) electrons. The van der Waals surface area contributed by atoms with Crippen molar-refractivity contribution in [3.05, 3.63) is 0 Å². The largest absolute Gasteiger partial charge is 0.464 e. The van der Waals surface area contributed by atoms with Gasteiger partial charge in [-0.05, 0) is 0 Å². The number of hydrogen-bond donors (Lipinski definition) is 1. The molecule has 2 amide bonds. The van der Waals surface area contributed by atoms with Gasteiger partial charge in [-0.2, -0.15) is 0 Å². The molecule has 5 nitrogen and oxygen atoms in total. The van der Waals surface area contributed by atoms with E-state index in [0.717, 1.165) is 0 Å². The van der Waals surface area contributed by atoms with Gasteiger partial charge in [-0.15, -0.1) is 0 Å². The number of cyclic esters (lactones) is 1. The van der Waals surface area contributed by atoms with Gasteiger partial charge in [0, 0.05) is 20.5 Å². The second-order valence-electron chi connectivity index (χ2n) is 2.85. The van der Waals surface area contributed by atoms with Crippen LogP contribution in [0.2, 0.25) is 0 Å². The van der Waals surface area contributed by atoms with Gasteiger partial charge in [-0.3, -0.25) is 0 Å². The van der Waals surface area contributed by atoms with Crippen LogP contribution in [-0.4, -0.2) is 43.6 Å². The lowest BCUT2D eigenvalue weighted by Gasteiger charge is -2.14. The minimum atomic E-state index is -0.458. The van der Waals surface area contributed by atoms with Gasteiger partial charge in [0.15, 0.2) is 0 Å². The van der Waals surface area contributed by atoms with Crippen molar-refractivity contribution >= 4 is 12.0 Å². The van der Waals surface area contributed by atoms with Crippen LogP contribution in [0.3, 0.4) is 0 Å². The van der Waals surface area contributed by atoms with E-state index in [-0.39, 0.29) is 12.0 Å². The Morgan fingerprint density at radius 1 is 1.67 bits per heavy atom. The Hall–Kier alpha value is -1.26. The Labute approximate surface area is 70.7 Å². The molecule has 1 unspecified atom stereocenters. The fraction of sp³-hybridized carbons (Fsp3) is 0.714. The van der Waals surface area contributed by atoms with Gasteiger partial charge in [0.2, 0.25) is 0 Å². The molecular weight excluding hydrogens is 160 g/mol. The van der Waals surface area contributed by atoms with E-state index in [1.807, 2.05) is 0 Å². The summed E-state index contributed by atoms with van der Waals surface area (Å²) in [7, 11) is 3.24. The van der Waals surface area contributed by atoms with Gasteiger partial charge in [0.05, 0.1) is 6.61 Å². The molecule has 1 aliphatic heterocycles. The van der Waals surface area contributed by atoms with E-state index in [1.165, 1.54) is 4.90 Å². The van der Waals surface area contributed by atoms with Crippen molar-refractivity contribution in [3.63, 3.8) is 0 Å². The minimum Gasteiger partial charge on any atom is -0.464 e. The number of rotatable bonds is 1. The summed E-state index contributed by atoms with van der Waals surface area (Å²) in [6.45, 7) is 0.400. The van der Waals surface area contributed by atoms with Crippen molar-refractivity contribution < 1.29 is 14.3 Å². The molecule has 0 aromatic carbocycles. The van der Waals surface area contributed by atoms with Crippen molar-refractivity contribution in [2.24, 2.45) is 0 Å². The van der Waals surface area contributed by atoms with Gasteiger partial charge in [-0.1, -0.05) is 0 Å². The Kier molecular flexibility index (Phi) is 2.52. The first kappa shape index (κ1) is 8.83. The third-order valence-electron chi connectivity index (χ3n) is 1.64. The van der Waals surface area contributed by atoms with Gasteiger partial charge in [-0.25, -0.2) is 9.59 Å². The molecule has 0 aromatic rings. The summed E-state index contributed by atoms with van der Waals surface area (Å²) in [4.78, 5) is 23.3. The molecule has 1 aliphatic rings. The molecule has 1 N–H and O–H groups in total. The molecule has 1 atom stereocenters. The molecule has 1 heterocycles. The highest BCUT2D eigenvalue weighted by Gasteiger charge is 2.28. The van der Waals surface area contributed by atoms with Crippen molar-refractivity contribution in [1.82, 2.24) is 10.2 Å². The molecule has 12 heavy (non-hydrogen) atoms. The zero-order valence-corrected chi connectivity index (χ0v) is 7.16. The van der Waals surface area contributed by atoms with E-state index < -0.39 is 6.04 Å². The number of urea groups is 1. The third-order valence-corrected chi connectivity index (χ3v) is 1.64. The van der Waals surface area contributed by atoms with Gasteiger partial charge < -0.3 is 15.0 Å². The number of carbonyl (C=O) groups excluding carboxylic acids is 2. The Bertz CT molecular complexity index is 203. The summed E-state index contributed by atoms with van der Waals surface area (Å²) < 4.78 is 4.67. The number of hydrogen-bond acceptors (Lipinski definition) is 3. The van der Waals surface area contributed by atoms with Crippen molar-refractivity contribution in [2.75, 3.05) is 20.7 Å². The van der Waals surface area contributed by atoms with Crippen LogP contribution in [0.4, 0.5) is 4.79 Å². The first-order valence-corrected chi connectivity index (χ1v) is 3.75. The van der Waals surface area contributed by atoms with Gasteiger partial charge in [0.25, 0.3) is 0 Å². The number of esters is 1. The van der Waals surface area contributed by atoms with E-state index in [1.54, 1.807) is 14.1 Å². The maximum Gasteiger partial charge on any atom is 0.328 e. The highest BCUT2D eigenvalue weighted by Crippen LogP contribution is 2.05. The van der Waals surface area contributed by atoms with Crippen LogP contribution in [0.25, 0.3) is 0 Å². The molecule has 68 valence electrons. The Morgan fingerprint density at radius 3 is 2.75 bits per heavy atom. The smallest absolute Gasteiger partial charge is 0.328 e. The molecule has 1 fully saturated rings. The van der Waals surface area contributed by atoms with Gasteiger partial charge >= 0.3 is 12.0 Å². The third kappa shape index (κ3) is 1.87. The molecular formula is C7H12N2O3. The summed E-state index contributed by atoms with van der Waals surface area (Å²) >= 11 is 0. The van der Waals surface area contributed by atoms with E-state index in [2.05, 4.69) is 10.1 Å². The predicted octanol–water partition coefficient (Wildman–Crippen LogP) is -0.427. The van der Waals surface area contributed by atoms with Crippen LogP contribution in [0.1, 0.15) is 6.42 Å². The molecule has 0 bridgehead atoms. The van der Waals surface area contributed by atoms with E-state index in [0.29, 0.717) is 13.0 Å². The first-order valence-electron chi connectivity index (χ1n) is 3.75. The fourth-order valence-corrected chi connectivity index (χ4v) is 0.905. The van der Waals surface area contributed by atoms with E-state index >= 15 is 0 Å². The molecule has 1 rings (SSSR count). The zero-order chi connectivity index (χ0) is 9.14. The topological polar surface area (TPSA) is 58.6 Å². The second kappa shape index (κ2) is 3.42. The second-order valence-corrected chi connectivity index (χ2v) is 2.85. The lowest BCUT2D eigenvalue weighted by atomic mass is 10.2. The van der Waals surface area contributed by atoms with Crippen LogP contribution in [0.5, 0.6) is 0 Å². The van der Waals surface area contributed by atoms with Gasteiger partial charge in [0.1, 0.15) is 6.04 Å². The zero-order valence-electron chi connectivity index (χ0n) is 7.16. The number of carbonyl (C=O) groups is 2. The lowest BCUT2D eigenvalue weighted by Crippen LogP contribution is -2.43. The van der Waals surface area contributed by atoms with Crippen LogP contribution in [-0.2, 0) is 9.53 Å².